The molecule has 3 aromatic rings. The molecule has 0 aliphatic heterocycles. The van der Waals surface area contributed by atoms with Gasteiger partial charge in [0.2, 0.25) is 5.91 Å². The maximum absolute atomic E-state index is 12.8. The van der Waals surface area contributed by atoms with Crippen LogP contribution in [-0.4, -0.2) is 20.4 Å². The zero-order valence-electron chi connectivity index (χ0n) is 14.4. The minimum absolute atomic E-state index is 0.0173. The van der Waals surface area contributed by atoms with Gasteiger partial charge in [-0.1, -0.05) is 0 Å². The SMILES string of the molecule is O=C(CCn1cnc2sc3c(c2c1=O)CCCC3)NCc1ccncc1. The summed E-state index contributed by atoms with van der Waals surface area (Å²) in [5, 5.41) is 3.64. The van der Waals surface area contributed by atoms with E-state index in [1.165, 1.54) is 16.9 Å². The van der Waals surface area contributed by atoms with E-state index in [0.717, 1.165) is 35.0 Å². The molecule has 134 valence electrons. The van der Waals surface area contributed by atoms with E-state index in [0.29, 0.717) is 13.1 Å². The van der Waals surface area contributed by atoms with Gasteiger partial charge < -0.3 is 5.32 Å². The third-order valence-corrected chi connectivity index (χ3v) is 5.96. The number of aromatic nitrogens is 3. The molecule has 0 saturated heterocycles. The molecule has 26 heavy (non-hydrogen) atoms. The Labute approximate surface area is 154 Å². The van der Waals surface area contributed by atoms with Crippen molar-refractivity contribution in [3.05, 3.63) is 57.2 Å². The van der Waals surface area contributed by atoms with Crippen molar-refractivity contribution in [1.82, 2.24) is 19.9 Å². The summed E-state index contributed by atoms with van der Waals surface area (Å²) in [5.74, 6) is -0.0823. The maximum Gasteiger partial charge on any atom is 0.262 e. The number of amides is 1. The molecule has 0 radical (unpaired) electrons. The van der Waals surface area contributed by atoms with Crippen LogP contribution in [0.1, 0.15) is 35.3 Å². The van der Waals surface area contributed by atoms with E-state index < -0.39 is 0 Å². The second-order valence-electron chi connectivity index (χ2n) is 6.52. The molecule has 0 fully saturated rings. The first-order chi connectivity index (χ1) is 12.7. The topological polar surface area (TPSA) is 76.9 Å². The second kappa shape index (κ2) is 7.37. The van der Waals surface area contributed by atoms with Gasteiger partial charge in [-0.25, -0.2) is 4.98 Å². The first-order valence-corrected chi connectivity index (χ1v) is 9.69. The Morgan fingerprint density at radius 1 is 1.23 bits per heavy atom. The van der Waals surface area contributed by atoms with Crippen LogP contribution in [0.2, 0.25) is 0 Å². The molecule has 3 aromatic heterocycles. The average Bonchev–Trinajstić information content (AvgIpc) is 3.06. The van der Waals surface area contributed by atoms with Crippen molar-refractivity contribution < 1.29 is 4.79 Å². The van der Waals surface area contributed by atoms with E-state index in [1.54, 1.807) is 34.6 Å². The number of hydrogen-bond donors (Lipinski definition) is 1. The highest BCUT2D eigenvalue weighted by Crippen LogP contribution is 2.33. The molecule has 1 N–H and O–H groups in total. The number of aryl methyl sites for hydroxylation is 3. The Bertz CT molecular complexity index is 994. The van der Waals surface area contributed by atoms with Crippen LogP contribution in [0.5, 0.6) is 0 Å². The lowest BCUT2D eigenvalue weighted by Gasteiger charge is -2.10. The molecule has 0 unspecified atom stereocenters. The standard InChI is InChI=1S/C19H20N4O2S/c24-16(21-11-13-5-8-20-9-6-13)7-10-23-12-22-18-17(19(23)25)14-3-1-2-4-15(14)26-18/h5-6,8-9,12H,1-4,7,10-11H2,(H,21,24). The Balaban J connectivity index is 1.45. The highest BCUT2D eigenvalue weighted by Gasteiger charge is 2.20. The quantitative estimate of drug-likeness (QED) is 0.750. The molecule has 0 aromatic carbocycles. The number of carbonyl (C=O) groups is 1. The molecule has 3 heterocycles. The number of nitrogens with zero attached hydrogens (tertiary/aromatic N) is 3. The normalized spacial score (nSPS) is 13.5. The van der Waals surface area contributed by atoms with Crippen LogP contribution in [0, 0.1) is 0 Å². The lowest BCUT2D eigenvalue weighted by Crippen LogP contribution is -2.27. The summed E-state index contributed by atoms with van der Waals surface area (Å²) in [4.78, 5) is 35.5. The van der Waals surface area contributed by atoms with Crippen LogP contribution < -0.4 is 10.9 Å². The van der Waals surface area contributed by atoms with Crippen molar-refractivity contribution in [3.63, 3.8) is 0 Å². The first kappa shape index (κ1) is 16.9. The number of nitrogens with one attached hydrogen (secondary N) is 1. The predicted molar refractivity (Wildman–Crippen MR) is 101 cm³/mol. The minimum Gasteiger partial charge on any atom is -0.352 e. The van der Waals surface area contributed by atoms with Gasteiger partial charge in [-0.05, 0) is 48.9 Å². The number of rotatable bonds is 5. The third-order valence-electron chi connectivity index (χ3n) is 4.76. The van der Waals surface area contributed by atoms with E-state index in [4.69, 9.17) is 0 Å². The molecule has 0 bridgehead atoms. The summed E-state index contributed by atoms with van der Waals surface area (Å²) in [7, 11) is 0. The summed E-state index contributed by atoms with van der Waals surface area (Å²) in [6.07, 6.45) is 9.55. The maximum atomic E-state index is 12.8. The zero-order chi connectivity index (χ0) is 17.9. The second-order valence-corrected chi connectivity index (χ2v) is 7.60. The smallest absolute Gasteiger partial charge is 0.262 e. The van der Waals surface area contributed by atoms with Crippen LogP contribution in [-0.2, 0) is 30.7 Å². The lowest BCUT2D eigenvalue weighted by molar-refractivity contribution is -0.121. The van der Waals surface area contributed by atoms with Gasteiger partial charge in [0.05, 0.1) is 11.7 Å². The van der Waals surface area contributed by atoms with Gasteiger partial charge in [0, 0.05) is 36.8 Å². The van der Waals surface area contributed by atoms with Crippen molar-refractivity contribution in [2.24, 2.45) is 0 Å². The Morgan fingerprint density at radius 2 is 2.04 bits per heavy atom. The molecule has 6 nitrogen and oxygen atoms in total. The van der Waals surface area contributed by atoms with Gasteiger partial charge in [0.15, 0.2) is 0 Å². The number of thiophene rings is 1. The summed E-state index contributed by atoms with van der Waals surface area (Å²) >= 11 is 1.64. The van der Waals surface area contributed by atoms with Gasteiger partial charge in [0.25, 0.3) is 5.56 Å². The molecule has 1 aliphatic carbocycles. The van der Waals surface area contributed by atoms with Gasteiger partial charge >= 0.3 is 0 Å². The predicted octanol–water partition coefficient (Wildman–Crippen LogP) is 2.44. The molecular weight excluding hydrogens is 348 g/mol. The Hall–Kier alpha value is -2.54. The van der Waals surface area contributed by atoms with Crippen molar-refractivity contribution in [2.75, 3.05) is 0 Å². The third kappa shape index (κ3) is 3.39. The summed E-state index contributed by atoms with van der Waals surface area (Å²) < 4.78 is 1.57. The summed E-state index contributed by atoms with van der Waals surface area (Å²) in [6.45, 7) is 0.806. The van der Waals surface area contributed by atoms with Gasteiger partial charge in [-0.2, -0.15) is 0 Å². The van der Waals surface area contributed by atoms with E-state index in [2.05, 4.69) is 15.3 Å². The average molecular weight is 368 g/mol. The van der Waals surface area contributed by atoms with E-state index in [9.17, 15) is 9.59 Å². The monoisotopic (exact) mass is 368 g/mol. The van der Waals surface area contributed by atoms with E-state index in [-0.39, 0.29) is 17.9 Å². The van der Waals surface area contributed by atoms with Gasteiger partial charge in [-0.15, -0.1) is 11.3 Å². The molecule has 0 spiro atoms. The van der Waals surface area contributed by atoms with Crippen LogP contribution in [0.3, 0.4) is 0 Å². The summed E-state index contributed by atoms with van der Waals surface area (Å²) in [5.41, 5.74) is 2.17. The van der Waals surface area contributed by atoms with Crippen molar-refractivity contribution >= 4 is 27.5 Å². The number of carbonyl (C=O) groups excluding carboxylic acids is 1. The molecular formula is C19H20N4O2S. The van der Waals surface area contributed by atoms with Crippen LogP contribution >= 0.6 is 11.3 Å². The van der Waals surface area contributed by atoms with Crippen LogP contribution in [0.4, 0.5) is 0 Å². The van der Waals surface area contributed by atoms with Gasteiger partial charge in [0.1, 0.15) is 4.83 Å². The fourth-order valence-corrected chi connectivity index (χ4v) is 4.57. The highest BCUT2D eigenvalue weighted by atomic mass is 32.1. The van der Waals surface area contributed by atoms with Crippen molar-refractivity contribution in [3.8, 4) is 0 Å². The largest absolute Gasteiger partial charge is 0.352 e. The molecule has 4 rings (SSSR count). The van der Waals surface area contributed by atoms with E-state index >= 15 is 0 Å². The van der Waals surface area contributed by atoms with Crippen molar-refractivity contribution in [1.29, 1.82) is 0 Å². The number of hydrogen-bond acceptors (Lipinski definition) is 5. The first-order valence-electron chi connectivity index (χ1n) is 8.87. The Morgan fingerprint density at radius 3 is 2.88 bits per heavy atom. The molecule has 1 amide bonds. The van der Waals surface area contributed by atoms with Crippen LogP contribution in [0.25, 0.3) is 10.2 Å². The van der Waals surface area contributed by atoms with E-state index in [1.807, 2.05) is 12.1 Å². The van der Waals surface area contributed by atoms with Crippen LogP contribution in [0.15, 0.2) is 35.6 Å². The molecule has 0 atom stereocenters. The number of pyridine rings is 1. The van der Waals surface area contributed by atoms with Crippen molar-refractivity contribution in [2.45, 2.75) is 45.2 Å². The zero-order valence-corrected chi connectivity index (χ0v) is 15.2. The fraction of sp³-hybridized carbons (Fsp3) is 0.368. The minimum atomic E-state index is -0.0823. The molecule has 0 saturated carbocycles. The molecule has 1 aliphatic rings. The molecule has 7 heteroatoms. The number of fused-ring (bicyclic) bond motifs is 3. The fourth-order valence-electron chi connectivity index (χ4n) is 3.35. The lowest BCUT2D eigenvalue weighted by atomic mass is 9.97. The van der Waals surface area contributed by atoms with Gasteiger partial charge in [-0.3, -0.25) is 19.1 Å². The Kier molecular flexibility index (Phi) is 4.79. The highest BCUT2D eigenvalue weighted by molar-refractivity contribution is 7.18. The summed E-state index contributed by atoms with van der Waals surface area (Å²) in [6, 6.07) is 3.73.